The molecule has 2 amide bonds. The summed E-state index contributed by atoms with van der Waals surface area (Å²) in [6.45, 7) is 0. The van der Waals surface area contributed by atoms with E-state index >= 15 is 0 Å². The second-order valence-electron chi connectivity index (χ2n) is 8.52. The summed E-state index contributed by atoms with van der Waals surface area (Å²) in [5.74, 6) is -2.73. The summed E-state index contributed by atoms with van der Waals surface area (Å²) in [7, 11) is 0. The number of carbonyl (C=O) groups excluding carboxylic acids is 4. The van der Waals surface area contributed by atoms with Gasteiger partial charge in [0.1, 0.15) is 0 Å². The van der Waals surface area contributed by atoms with Gasteiger partial charge in [-0.25, -0.2) is 9.69 Å². The van der Waals surface area contributed by atoms with Gasteiger partial charge in [0.15, 0.2) is 6.10 Å². The van der Waals surface area contributed by atoms with E-state index < -0.39 is 34.6 Å². The van der Waals surface area contributed by atoms with E-state index in [1.807, 2.05) is 0 Å². The third-order valence-electron chi connectivity index (χ3n) is 6.14. The van der Waals surface area contributed by atoms with Crippen molar-refractivity contribution >= 4 is 46.5 Å². The number of esters is 1. The molecular weight excluding hydrogens is 524 g/mol. The van der Waals surface area contributed by atoms with Gasteiger partial charge in [-0.1, -0.05) is 54.1 Å². The Hall–Kier alpha value is -5.15. The van der Waals surface area contributed by atoms with Crippen molar-refractivity contribution in [3.8, 4) is 0 Å². The lowest BCUT2D eigenvalue weighted by Gasteiger charge is -2.18. The molecule has 1 aliphatic heterocycles. The first kappa shape index (κ1) is 25.5. The zero-order valence-corrected chi connectivity index (χ0v) is 20.7. The Bertz CT molecular complexity index is 1650. The van der Waals surface area contributed by atoms with Gasteiger partial charge in [-0.15, -0.1) is 0 Å². The summed E-state index contributed by atoms with van der Waals surface area (Å²) in [6, 6.07) is 23.5. The molecule has 0 aromatic heterocycles. The van der Waals surface area contributed by atoms with Crippen LogP contribution in [0, 0.1) is 10.1 Å². The molecule has 4 aromatic carbocycles. The van der Waals surface area contributed by atoms with Crippen LogP contribution in [-0.4, -0.2) is 28.5 Å². The van der Waals surface area contributed by atoms with Crippen LogP contribution in [0.5, 0.6) is 0 Å². The molecule has 1 heterocycles. The molecule has 0 saturated heterocycles. The second kappa shape index (κ2) is 10.3. The minimum Gasteiger partial charge on any atom is -0.445 e. The van der Waals surface area contributed by atoms with Gasteiger partial charge in [-0.05, 0) is 42.5 Å². The van der Waals surface area contributed by atoms with Crippen LogP contribution in [0.25, 0.3) is 0 Å². The average molecular weight is 541 g/mol. The second-order valence-corrected chi connectivity index (χ2v) is 8.93. The average Bonchev–Trinajstić information content (AvgIpc) is 3.20. The number of anilines is 1. The van der Waals surface area contributed by atoms with Crippen LogP contribution in [0.15, 0.2) is 97.1 Å². The largest absolute Gasteiger partial charge is 0.445 e. The van der Waals surface area contributed by atoms with Crippen molar-refractivity contribution in [3.63, 3.8) is 0 Å². The number of non-ortho nitro benzene ring substituents is 1. The van der Waals surface area contributed by atoms with Crippen molar-refractivity contribution in [2.45, 2.75) is 6.10 Å². The number of para-hydroxylation sites is 1. The van der Waals surface area contributed by atoms with Crippen LogP contribution < -0.4 is 4.90 Å². The number of fused-ring (bicyclic) bond motifs is 1. The Balaban J connectivity index is 1.46. The summed E-state index contributed by atoms with van der Waals surface area (Å²) >= 11 is 6.19. The van der Waals surface area contributed by atoms with Crippen molar-refractivity contribution in [2.75, 3.05) is 4.90 Å². The van der Waals surface area contributed by atoms with Crippen molar-refractivity contribution in [2.24, 2.45) is 0 Å². The van der Waals surface area contributed by atoms with E-state index in [2.05, 4.69) is 0 Å². The van der Waals surface area contributed by atoms with Gasteiger partial charge in [-0.2, -0.15) is 0 Å². The summed E-state index contributed by atoms with van der Waals surface area (Å²) in [5.41, 5.74) is 0.504. The fourth-order valence-electron chi connectivity index (χ4n) is 4.19. The van der Waals surface area contributed by atoms with E-state index in [0.717, 1.165) is 4.90 Å². The smallest absolute Gasteiger partial charge is 0.339 e. The van der Waals surface area contributed by atoms with Gasteiger partial charge in [0.25, 0.3) is 17.5 Å². The van der Waals surface area contributed by atoms with Crippen LogP contribution in [-0.2, 0) is 4.74 Å². The number of hydrogen-bond acceptors (Lipinski definition) is 7. The summed E-state index contributed by atoms with van der Waals surface area (Å²) < 4.78 is 5.60. The van der Waals surface area contributed by atoms with Crippen molar-refractivity contribution in [1.29, 1.82) is 0 Å². The molecule has 0 bridgehead atoms. The maximum Gasteiger partial charge on any atom is 0.339 e. The molecule has 39 heavy (non-hydrogen) atoms. The molecule has 1 aliphatic rings. The molecule has 10 heteroatoms. The lowest BCUT2D eigenvalue weighted by atomic mass is 9.99. The zero-order chi connectivity index (χ0) is 27.7. The Morgan fingerprint density at radius 3 is 2.10 bits per heavy atom. The highest BCUT2D eigenvalue weighted by molar-refractivity contribution is 6.39. The Labute approximate surface area is 226 Å². The predicted octanol–water partition coefficient (Wildman–Crippen LogP) is 5.83. The molecule has 0 unspecified atom stereocenters. The summed E-state index contributed by atoms with van der Waals surface area (Å²) in [4.78, 5) is 64.1. The van der Waals surface area contributed by atoms with Crippen LogP contribution in [0.3, 0.4) is 0 Å². The number of rotatable bonds is 7. The Morgan fingerprint density at radius 2 is 1.44 bits per heavy atom. The molecule has 0 radical (unpaired) electrons. The fourth-order valence-corrected chi connectivity index (χ4v) is 4.41. The molecule has 1 atom stereocenters. The summed E-state index contributed by atoms with van der Waals surface area (Å²) in [5, 5.41) is 11.3. The number of ether oxygens (including phenoxy) is 1. The van der Waals surface area contributed by atoms with Gasteiger partial charge >= 0.3 is 5.97 Å². The van der Waals surface area contributed by atoms with Gasteiger partial charge in [-0.3, -0.25) is 24.5 Å². The van der Waals surface area contributed by atoms with Gasteiger partial charge < -0.3 is 4.74 Å². The lowest BCUT2D eigenvalue weighted by molar-refractivity contribution is -0.384. The van der Waals surface area contributed by atoms with Crippen molar-refractivity contribution in [3.05, 3.63) is 140 Å². The predicted molar refractivity (Wildman–Crippen MR) is 141 cm³/mol. The van der Waals surface area contributed by atoms with E-state index in [1.165, 1.54) is 48.5 Å². The standard InChI is InChI=1S/C29H17ClN2O7/c30-23-8-4-5-9-24(23)31-27(34)21-15-12-19(16-22(21)28(31)35)29(36)39-26(25(33)17-6-2-1-3-7-17)18-10-13-20(14-11-18)32(37)38/h1-16,26H/t26-/m0/s1. The number of hydrogen-bond donors (Lipinski definition) is 0. The maximum absolute atomic E-state index is 13.3. The Morgan fingerprint density at radius 1 is 0.795 bits per heavy atom. The van der Waals surface area contributed by atoms with Gasteiger partial charge in [0.05, 0.1) is 32.3 Å². The topological polar surface area (TPSA) is 124 Å². The highest BCUT2D eigenvalue weighted by atomic mass is 35.5. The number of amides is 2. The first-order chi connectivity index (χ1) is 18.8. The highest BCUT2D eigenvalue weighted by Gasteiger charge is 2.38. The quantitative estimate of drug-likeness (QED) is 0.0949. The van der Waals surface area contributed by atoms with Crippen LogP contribution in [0.4, 0.5) is 11.4 Å². The van der Waals surface area contributed by atoms with Crippen LogP contribution in [0.2, 0.25) is 5.02 Å². The molecule has 5 rings (SSSR count). The van der Waals surface area contributed by atoms with Gasteiger partial charge in [0.2, 0.25) is 5.78 Å². The third-order valence-corrected chi connectivity index (χ3v) is 6.46. The molecule has 9 nitrogen and oxygen atoms in total. The first-order valence-electron chi connectivity index (χ1n) is 11.6. The lowest BCUT2D eigenvalue weighted by Crippen LogP contribution is -2.29. The van der Waals surface area contributed by atoms with E-state index in [4.69, 9.17) is 16.3 Å². The number of halogens is 1. The molecule has 192 valence electrons. The van der Waals surface area contributed by atoms with Crippen LogP contribution >= 0.6 is 11.6 Å². The number of carbonyl (C=O) groups is 4. The Kier molecular flexibility index (Phi) is 6.74. The van der Waals surface area contributed by atoms with E-state index in [-0.39, 0.29) is 44.2 Å². The van der Waals surface area contributed by atoms with E-state index in [1.54, 1.807) is 48.5 Å². The number of nitro groups is 1. The molecule has 0 aliphatic carbocycles. The SMILES string of the molecule is O=C(O[C@H](C(=O)c1ccccc1)c1ccc([N+](=O)[O-])cc1)c1ccc2c(c1)C(=O)N(c1ccccc1Cl)C2=O. The third kappa shape index (κ3) is 4.78. The number of Topliss-reactive ketones (excluding diaryl/α,β-unsaturated/α-hetero) is 1. The van der Waals surface area contributed by atoms with Crippen molar-refractivity contribution < 1.29 is 28.8 Å². The first-order valence-corrected chi connectivity index (χ1v) is 12.0. The minimum absolute atomic E-state index is 0.0179. The number of benzene rings is 4. The molecule has 0 fully saturated rings. The number of imide groups is 1. The zero-order valence-electron chi connectivity index (χ0n) is 19.9. The molecule has 4 aromatic rings. The molecule has 0 N–H and O–H groups in total. The van der Waals surface area contributed by atoms with Crippen LogP contribution in [0.1, 0.15) is 53.1 Å². The number of nitro benzene ring substituents is 1. The van der Waals surface area contributed by atoms with Gasteiger partial charge in [0, 0.05) is 23.3 Å². The maximum atomic E-state index is 13.3. The van der Waals surface area contributed by atoms with E-state index in [0.29, 0.717) is 0 Å². The number of nitrogens with zero attached hydrogens (tertiary/aromatic N) is 2. The molecule has 0 spiro atoms. The fraction of sp³-hybridized carbons (Fsp3) is 0.0345. The monoisotopic (exact) mass is 540 g/mol. The molecule has 0 saturated carbocycles. The molecular formula is C29H17ClN2O7. The minimum atomic E-state index is -1.43. The highest BCUT2D eigenvalue weighted by Crippen LogP contribution is 2.34. The summed E-state index contributed by atoms with van der Waals surface area (Å²) in [6.07, 6.45) is -1.43. The number of ketones is 1. The van der Waals surface area contributed by atoms with Crippen molar-refractivity contribution in [1.82, 2.24) is 0 Å². The van der Waals surface area contributed by atoms with E-state index in [9.17, 15) is 29.3 Å². The normalized spacial score (nSPS) is 13.1.